The van der Waals surface area contributed by atoms with Crippen molar-refractivity contribution in [3.8, 4) is 0 Å². The van der Waals surface area contributed by atoms with Crippen molar-refractivity contribution in [2.45, 2.75) is 13.8 Å². The summed E-state index contributed by atoms with van der Waals surface area (Å²) in [5.74, 6) is 0. The molecular weight excluding hydrogens is 199 g/mol. The van der Waals surface area contributed by atoms with Crippen LogP contribution in [0.2, 0.25) is 0 Å². The van der Waals surface area contributed by atoms with E-state index in [1.165, 1.54) is 28.2 Å². The van der Waals surface area contributed by atoms with Gasteiger partial charge in [-0.05, 0) is 0 Å². The third-order valence-electron chi connectivity index (χ3n) is 1.33. The SMILES string of the molecule is Cc1cc[c]([Zn])c(C)n1.Cl. The van der Waals surface area contributed by atoms with Gasteiger partial charge < -0.3 is 0 Å². The molecule has 0 aromatic carbocycles. The normalized spacial score (nSPS) is 8.80. The Bertz CT molecular complexity index is 225. The monoisotopic (exact) mass is 206 g/mol. The van der Waals surface area contributed by atoms with E-state index in [4.69, 9.17) is 0 Å². The predicted molar refractivity (Wildman–Crippen MR) is 40.6 cm³/mol. The molecule has 0 saturated carbocycles. The van der Waals surface area contributed by atoms with Gasteiger partial charge in [-0.2, -0.15) is 0 Å². The largest absolute Gasteiger partial charge is 0.147 e. The molecule has 0 aliphatic rings. The molecule has 1 aromatic heterocycles. The van der Waals surface area contributed by atoms with Gasteiger partial charge in [0.25, 0.3) is 0 Å². The van der Waals surface area contributed by atoms with Crippen molar-refractivity contribution in [1.29, 1.82) is 0 Å². The van der Waals surface area contributed by atoms with E-state index in [1.807, 2.05) is 6.92 Å². The van der Waals surface area contributed by atoms with Crippen LogP contribution >= 0.6 is 12.4 Å². The van der Waals surface area contributed by atoms with Crippen molar-refractivity contribution < 1.29 is 18.3 Å². The maximum absolute atomic E-state index is 4.30. The van der Waals surface area contributed by atoms with Gasteiger partial charge in [0.2, 0.25) is 0 Å². The van der Waals surface area contributed by atoms with Gasteiger partial charge in [-0.25, -0.2) is 0 Å². The predicted octanol–water partition coefficient (Wildman–Crippen LogP) is 1.29. The second-order valence-electron chi connectivity index (χ2n) is 2.20. The maximum Gasteiger partial charge on any atom is -0.147 e. The molecule has 0 spiro atoms. The quantitative estimate of drug-likeness (QED) is 0.585. The van der Waals surface area contributed by atoms with Crippen LogP contribution in [0.25, 0.3) is 0 Å². The molecular formula is C7H9ClNZn. The van der Waals surface area contributed by atoms with Gasteiger partial charge in [-0.3, -0.25) is 0 Å². The van der Waals surface area contributed by atoms with Gasteiger partial charge in [-0.15, -0.1) is 12.4 Å². The molecule has 0 aliphatic heterocycles. The first-order valence-corrected chi connectivity index (χ1v) is 4.45. The molecule has 0 amide bonds. The van der Waals surface area contributed by atoms with Crippen LogP contribution in [0.1, 0.15) is 11.4 Å². The average molecular weight is 208 g/mol. The van der Waals surface area contributed by atoms with E-state index in [9.17, 15) is 0 Å². The molecule has 0 N–H and O–H groups in total. The second kappa shape index (κ2) is 4.05. The first-order valence-electron chi connectivity index (χ1n) is 2.96. The third-order valence-corrected chi connectivity index (χ3v) is 2.90. The Hall–Kier alpha value is 0.0634. The Labute approximate surface area is 77.3 Å². The Morgan fingerprint density at radius 2 is 1.90 bits per heavy atom. The molecule has 1 aromatic rings. The van der Waals surface area contributed by atoms with E-state index < -0.39 is 0 Å². The minimum Gasteiger partial charge on any atom is -0.147 e. The van der Waals surface area contributed by atoms with Gasteiger partial charge in [0, 0.05) is 0 Å². The molecule has 0 fully saturated rings. The van der Waals surface area contributed by atoms with Crippen molar-refractivity contribution in [2.24, 2.45) is 0 Å². The summed E-state index contributed by atoms with van der Waals surface area (Å²) < 4.78 is 1.39. The summed E-state index contributed by atoms with van der Waals surface area (Å²) in [6.45, 7) is 4.08. The van der Waals surface area contributed by atoms with Crippen LogP contribution < -0.4 is 4.16 Å². The van der Waals surface area contributed by atoms with Crippen molar-refractivity contribution in [2.75, 3.05) is 0 Å². The van der Waals surface area contributed by atoms with E-state index in [0.717, 1.165) is 5.69 Å². The molecule has 51 valence electrons. The van der Waals surface area contributed by atoms with Crippen LogP contribution in [0, 0.1) is 13.8 Å². The molecule has 1 nitrogen and oxygen atoms in total. The maximum atomic E-state index is 4.30. The zero-order valence-electron chi connectivity index (χ0n) is 6.22. The number of hydrogen-bond acceptors (Lipinski definition) is 1. The van der Waals surface area contributed by atoms with Crippen LogP contribution in [-0.2, 0) is 18.3 Å². The van der Waals surface area contributed by atoms with Crippen molar-refractivity contribution >= 4 is 16.6 Å². The number of aromatic nitrogens is 1. The summed E-state index contributed by atoms with van der Waals surface area (Å²) in [7, 11) is 0. The van der Waals surface area contributed by atoms with E-state index >= 15 is 0 Å². The van der Waals surface area contributed by atoms with Gasteiger partial charge >= 0.3 is 64.8 Å². The number of pyridine rings is 1. The van der Waals surface area contributed by atoms with Gasteiger partial charge in [0.05, 0.1) is 0 Å². The zero-order valence-corrected chi connectivity index (χ0v) is 10.0. The smallest absolute Gasteiger partial charge is 0.147 e. The Balaban J connectivity index is 0.000000810. The summed E-state index contributed by atoms with van der Waals surface area (Å²) in [6, 6.07) is 4.21. The summed E-state index contributed by atoms with van der Waals surface area (Å²) in [6.07, 6.45) is 0. The number of halogens is 1. The minimum atomic E-state index is 0. The first-order chi connectivity index (χ1) is 4.20. The van der Waals surface area contributed by atoms with E-state index in [1.54, 1.807) is 0 Å². The molecule has 0 bridgehead atoms. The summed E-state index contributed by atoms with van der Waals surface area (Å²) in [5, 5.41) is 0. The molecule has 0 unspecified atom stereocenters. The fourth-order valence-electron chi connectivity index (χ4n) is 0.715. The van der Waals surface area contributed by atoms with Gasteiger partial charge in [0.1, 0.15) is 0 Å². The molecule has 0 saturated heterocycles. The van der Waals surface area contributed by atoms with Crippen molar-refractivity contribution in [3.63, 3.8) is 0 Å². The molecule has 10 heavy (non-hydrogen) atoms. The summed E-state index contributed by atoms with van der Waals surface area (Å²) in [4.78, 5) is 4.30. The zero-order chi connectivity index (χ0) is 6.85. The topological polar surface area (TPSA) is 12.9 Å². The van der Waals surface area contributed by atoms with Crippen LogP contribution in [0.4, 0.5) is 0 Å². The Kier molecular flexibility index (Phi) is 4.08. The molecule has 1 heterocycles. The standard InChI is InChI=1S/C7H8N.ClH.Zn/c1-6-4-3-5-7(2)8-6;;/h3-4H,1-2H3;1H;. The van der Waals surface area contributed by atoms with Crippen LogP contribution in [0.15, 0.2) is 12.1 Å². The number of aryl methyl sites for hydroxylation is 2. The van der Waals surface area contributed by atoms with Crippen LogP contribution in [0.5, 0.6) is 0 Å². The minimum absolute atomic E-state index is 0. The van der Waals surface area contributed by atoms with Gasteiger partial charge in [0.15, 0.2) is 0 Å². The van der Waals surface area contributed by atoms with Crippen LogP contribution in [-0.4, -0.2) is 4.98 Å². The summed E-state index contributed by atoms with van der Waals surface area (Å²) in [5.41, 5.74) is 2.31. The number of nitrogens with zero attached hydrogens (tertiary/aromatic N) is 1. The molecule has 0 aliphatic carbocycles. The van der Waals surface area contributed by atoms with E-state index in [0.29, 0.717) is 0 Å². The fourth-order valence-corrected chi connectivity index (χ4v) is 1.13. The Morgan fingerprint density at radius 3 is 2.30 bits per heavy atom. The molecule has 1 rings (SSSR count). The van der Waals surface area contributed by atoms with Crippen molar-refractivity contribution in [3.05, 3.63) is 23.5 Å². The molecule has 0 atom stereocenters. The Morgan fingerprint density at radius 1 is 1.30 bits per heavy atom. The first kappa shape index (κ1) is 10.1. The molecule has 3 heteroatoms. The number of rotatable bonds is 0. The average Bonchev–Trinajstić information content (AvgIpc) is 1.80. The fraction of sp³-hybridized carbons (Fsp3) is 0.286. The third kappa shape index (κ3) is 2.36. The van der Waals surface area contributed by atoms with E-state index in [2.05, 4.69) is 24.0 Å². The van der Waals surface area contributed by atoms with Crippen LogP contribution in [0.3, 0.4) is 0 Å². The summed E-state index contributed by atoms with van der Waals surface area (Å²) >= 11 is 1.21. The number of hydrogen-bond donors (Lipinski definition) is 0. The van der Waals surface area contributed by atoms with E-state index in [-0.39, 0.29) is 12.4 Å². The second-order valence-corrected chi connectivity index (χ2v) is 3.80. The van der Waals surface area contributed by atoms with Crippen molar-refractivity contribution in [1.82, 2.24) is 4.98 Å². The molecule has 0 radical (unpaired) electrons. The van der Waals surface area contributed by atoms with Gasteiger partial charge in [-0.1, -0.05) is 0 Å².